The molecule has 4 rings (SSSR count). The molecule has 0 amide bonds. The van der Waals surface area contributed by atoms with Crippen LogP contribution < -0.4 is 0 Å². The second kappa shape index (κ2) is 7.26. The van der Waals surface area contributed by atoms with E-state index in [1.807, 2.05) is 19.1 Å². The molecular weight excluding hydrogens is 352 g/mol. The van der Waals surface area contributed by atoms with Crippen LogP contribution >= 0.6 is 0 Å². The summed E-state index contributed by atoms with van der Waals surface area (Å²) in [6.07, 6.45) is 8.73. The number of Topliss-reactive ketones (excluding diaryl/α,β-unsaturated/α-hetero) is 1. The van der Waals surface area contributed by atoms with Crippen molar-refractivity contribution in [3.05, 3.63) is 41.4 Å². The highest BCUT2D eigenvalue weighted by Gasteiger charge is 2.47. The molecule has 28 heavy (non-hydrogen) atoms. The largest absolute Gasteiger partial charge is 0.459 e. The van der Waals surface area contributed by atoms with E-state index in [1.165, 1.54) is 0 Å². The van der Waals surface area contributed by atoms with Crippen LogP contribution in [0.1, 0.15) is 70.8 Å². The number of ether oxygens (including phenoxy) is 1. The zero-order chi connectivity index (χ0) is 19.9. The van der Waals surface area contributed by atoms with Crippen LogP contribution in [0.2, 0.25) is 0 Å². The molecule has 148 valence electrons. The lowest BCUT2D eigenvalue weighted by atomic mass is 9.63. The molecule has 0 aromatic carbocycles. The summed E-state index contributed by atoms with van der Waals surface area (Å²) in [6, 6.07) is 3.80. The molecule has 1 aromatic rings. The van der Waals surface area contributed by atoms with E-state index in [9.17, 15) is 9.59 Å². The number of allylic oxidation sites excluding steroid dienone is 1. The van der Waals surface area contributed by atoms with Crippen molar-refractivity contribution in [1.82, 2.24) is 4.98 Å². The SMILES string of the molecule is CC1=C(C(=O)OC2CCCC2)C(c2ccncc2)C2C(=O)CC(C)(C)CC2=N1. The van der Waals surface area contributed by atoms with Gasteiger partial charge in [-0.3, -0.25) is 14.8 Å². The van der Waals surface area contributed by atoms with Crippen molar-refractivity contribution < 1.29 is 14.3 Å². The van der Waals surface area contributed by atoms with E-state index >= 15 is 0 Å². The van der Waals surface area contributed by atoms with Gasteiger partial charge in [-0.2, -0.15) is 0 Å². The molecular formula is C23H28N2O3. The Balaban J connectivity index is 1.77. The van der Waals surface area contributed by atoms with Crippen LogP contribution in [-0.2, 0) is 14.3 Å². The molecule has 5 heteroatoms. The Hall–Kier alpha value is -2.30. The maximum atomic E-state index is 13.2. The zero-order valence-corrected chi connectivity index (χ0v) is 16.9. The van der Waals surface area contributed by atoms with Crippen molar-refractivity contribution in [2.24, 2.45) is 16.3 Å². The van der Waals surface area contributed by atoms with Gasteiger partial charge in [0.2, 0.25) is 0 Å². The number of carbonyl (C=O) groups excluding carboxylic acids is 2. The van der Waals surface area contributed by atoms with Gasteiger partial charge in [-0.15, -0.1) is 0 Å². The van der Waals surface area contributed by atoms with Gasteiger partial charge in [0.05, 0.1) is 11.5 Å². The van der Waals surface area contributed by atoms with E-state index in [0.717, 1.165) is 43.4 Å². The number of nitrogens with zero attached hydrogens (tertiary/aromatic N) is 2. The number of hydrogen-bond donors (Lipinski definition) is 0. The van der Waals surface area contributed by atoms with Crippen LogP contribution in [-0.4, -0.2) is 28.6 Å². The second-order valence-electron chi connectivity index (χ2n) is 9.13. The Morgan fingerprint density at radius 2 is 1.79 bits per heavy atom. The van der Waals surface area contributed by atoms with E-state index in [0.29, 0.717) is 17.7 Å². The molecule has 0 saturated heterocycles. The minimum Gasteiger partial charge on any atom is -0.459 e. The first kappa shape index (κ1) is 19.0. The molecule has 0 N–H and O–H groups in total. The number of hydrogen-bond acceptors (Lipinski definition) is 5. The fourth-order valence-electron chi connectivity index (χ4n) is 5.01. The van der Waals surface area contributed by atoms with Gasteiger partial charge in [0, 0.05) is 36.1 Å². The van der Waals surface area contributed by atoms with Gasteiger partial charge in [0.15, 0.2) is 0 Å². The number of fused-ring (bicyclic) bond motifs is 1. The maximum absolute atomic E-state index is 13.2. The van der Waals surface area contributed by atoms with E-state index in [-0.39, 0.29) is 35.1 Å². The quantitative estimate of drug-likeness (QED) is 0.730. The monoisotopic (exact) mass is 380 g/mol. The predicted molar refractivity (Wildman–Crippen MR) is 107 cm³/mol. The van der Waals surface area contributed by atoms with E-state index in [2.05, 4.69) is 18.8 Å². The maximum Gasteiger partial charge on any atom is 0.336 e. The smallest absolute Gasteiger partial charge is 0.336 e. The molecule has 2 fully saturated rings. The molecule has 2 aliphatic carbocycles. The average Bonchev–Trinajstić information content (AvgIpc) is 3.13. The Kier molecular flexibility index (Phi) is 4.94. The molecule has 2 unspecified atom stereocenters. The molecule has 0 spiro atoms. The molecule has 3 aliphatic rings. The summed E-state index contributed by atoms with van der Waals surface area (Å²) in [4.78, 5) is 35.2. The van der Waals surface area contributed by atoms with Gasteiger partial charge >= 0.3 is 5.97 Å². The number of rotatable bonds is 3. The molecule has 0 radical (unpaired) electrons. The summed E-state index contributed by atoms with van der Waals surface area (Å²) < 4.78 is 5.84. The number of carbonyl (C=O) groups is 2. The van der Waals surface area contributed by atoms with Crippen molar-refractivity contribution in [3.8, 4) is 0 Å². The van der Waals surface area contributed by atoms with Crippen molar-refractivity contribution in [2.45, 2.75) is 71.3 Å². The van der Waals surface area contributed by atoms with Crippen LogP contribution in [0.5, 0.6) is 0 Å². The molecule has 2 saturated carbocycles. The molecule has 1 aliphatic heterocycles. The minimum absolute atomic E-state index is 0.0164. The molecule has 2 heterocycles. The van der Waals surface area contributed by atoms with Crippen molar-refractivity contribution in [2.75, 3.05) is 0 Å². The van der Waals surface area contributed by atoms with Crippen LogP contribution in [0, 0.1) is 11.3 Å². The Bertz CT molecular complexity index is 848. The van der Waals surface area contributed by atoms with Gasteiger partial charge in [0.25, 0.3) is 0 Å². The van der Waals surface area contributed by atoms with Crippen LogP contribution in [0.3, 0.4) is 0 Å². The normalized spacial score (nSPS) is 27.4. The van der Waals surface area contributed by atoms with Crippen LogP contribution in [0.15, 0.2) is 40.8 Å². The first-order valence-corrected chi connectivity index (χ1v) is 10.3. The molecule has 2 atom stereocenters. The van der Waals surface area contributed by atoms with E-state index in [1.54, 1.807) is 12.4 Å². The summed E-state index contributed by atoms with van der Waals surface area (Å²) in [6.45, 7) is 6.08. The van der Waals surface area contributed by atoms with Gasteiger partial charge in [-0.1, -0.05) is 13.8 Å². The van der Waals surface area contributed by atoms with Crippen LogP contribution in [0.4, 0.5) is 0 Å². The van der Waals surface area contributed by atoms with E-state index < -0.39 is 0 Å². The van der Waals surface area contributed by atoms with E-state index in [4.69, 9.17) is 9.73 Å². The third-order valence-electron chi connectivity index (χ3n) is 6.22. The predicted octanol–water partition coefficient (Wildman–Crippen LogP) is 4.38. The first-order valence-electron chi connectivity index (χ1n) is 10.3. The number of aliphatic imine (C=N–C) groups is 1. The zero-order valence-electron chi connectivity index (χ0n) is 16.9. The summed E-state index contributed by atoms with van der Waals surface area (Å²) in [7, 11) is 0. The summed E-state index contributed by atoms with van der Waals surface area (Å²) in [5.41, 5.74) is 2.95. The highest BCUT2D eigenvalue weighted by molar-refractivity contribution is 6.12. The average molecular weight is 380 g/mol. The first-order chi connectivity index (χ1) is 13.4. The van der Waals surface area contributed by atoms with Gasteiger partial charge in [-0.25, -0.2) is 4.79 Å². The van der Waals surface area contributed by atoms with Crippen molar-refractivity contribution in [1.29, 1.82) is 0 Å². The van der Waals surface area contributed by atoms with Gasteiger partial charge < -0.3 is 4.74 Å². The Labute approximate surface area is 166 Å². The van der Waals surface area contributed by atoms with Crippen LogP contribution in [0.25, 0.3) is 0 Å². The second-order valence-corrected chi connectivity index (χ2v) is 9.13. The molecule has 5 nitrogen and oxygen atoms in total. The fourth-order valence-corrected chi connectivity index (χ4v) is 5.01. The van der Waals surface area contributed by atoms with Gasteiger partial charge in [0.1, 0.15) is 11.9 Å². The minimum atomic E-state index is -0.384. The number of esters is 1. The Morgan fingerprint density at radius 1 is 1.11 bits per heavy atom. The highest BCUT2D eigenvalue weighted by atomic mass is 16.5. The molecule has 0 bridgehead atoms. The third kappa shape index (κ3) is 3.54. The number of pyridine rings is 1. The van der Waals surface area contributed by atoms with Gasteiger partial charge in [-0.05, 0) is 62.1 Å². The number of aromatic nitrogens is 1. The van der Waals surface area contributed by atoms with Crippen molar-refractivity contribution in [3.63, 3.8) is 0 Å². The van der Waals surface area contributed by atoms with Crippen molar-refractivity contribution >= 4 is 17.5 Å². The highest BCUT2D eigenvalue weighted by Crippen LogP contribution is 2.47. The lowest BCUT2D eigenvalue weighted by molar-refractivity contribution is -0.144. The molecule has 1 aromatic heterocycles. The summed E-state index contributed by atoms with van der Waals surface area (Å²) in [5, 5.41) is 0. The standard InChI is InChI=1S/C23H28N2O3/c1-14-19(22(27)28-16-6-4-5-7-16)20(15-8-10-24-11-9-15)21-17(25-14)12-23(2,3)13-18(21)26/h8-11,16,20-21H,4-7,12-13H2,1-3H3. The summed E-state index contributed by atoms with van der Waals surface area (Å²) >= 11 is 0. The lowest BCUT2D eigenvalue weighted by Gasteiger charge is -2.41. The topological polar surface area (TPSA) is 68.6 Å². The lowest BCUT2D eigenvalue weighted by Crippen LogP contribution is -2.44. The summed E-state index contributed by atoms with van der Waals surface area (Å²) in [5.74, 6) is -0.875. The number of ketones is 1. The third-order valence-corrected chi connectivity index (χ3v) is 6.22. The fraction of sp³-hybridized carbons (Fsp3) is 0.565. The Morgan fingerprint density at radius 3 is 2.46 bits per heavy atom.